The van der Waals surface area contributed by atoms with Crippen molar-refractivity contribution in [1.29, 1.82) is 0 Å². The molecule has 33 heavy (non-hydrogen) atoms. The molecular formula is C24H15F4NO2S2. The number of alkyl halides is 3. The monoisotopic (exact) mass is 489 g/mol. The van der Waals surface area contributed by atoms with Crippen LogP contribution in [0.3, 0.4) is 0 Å². The first kappa shape index (κ1) is 23.0. The topological polar surface area (TPSA) is 29.5 Å². The van der Waals surface area contributed by atoms with Gasteiger partial charge in [-0.15, -0.1) is 0 Å². The van der Waals surface area contributed by atoms with E-state index in [2.05, 4.69) is 0 Å². The van der Waals surface area contributed by atoms with Crippen molar-refractivity contribution in [2.45, 2.75) is 12.8 Å². The van der Waals surface area contributed by atoms with Crippen molar-refractivity contribution in [3.8, 4) is 5.75 Å². The van der Waals surface area contributed by atoms with Gasteiger partial charge in [-0.3, -0.25) is 9.69 Å². The number of benzene rings is 3. The summed E-state index contributed by atoms with van der Waals surface area (Å²) in [5, 5.41) is 0. The van der Waals surface area contributed by atoms with E-state index in [0.29, 0.717) is 11.3 Å². The van der Waals surface area contributed by atoms with Gasteiger partial charge < -0.3 is 4.74 Å². The van der Waals surface area contributed by atoms with E-state index in [1.54, 1.807) is 42.5 Å². The number of thioether (sulfide) groups is 1. The number of hydrogen-bond donors (Lipinski definition) is 0. The van der Waals surface area contributed by atoms with Gasteiger partial charge in [0.25, 0.3) is 5.91 Å². The first-order valence-electron chi connectivity index (χ1n) is 9.64. The summed E-state index contributed by atoms with van der Waals surface area (Å²) in [5.74, 6) is -0.370. The van der Waals surface area contributed by atoms with E-state index in [9.17, 15) is 22.4 Å². The zero-order valence-corrected chi connectivity index (χ0v) is 18.4. The summed E-state index contributed by atoms with van der Waals surface area (Å²) in [6.07, 6.45) is -2.94. The molecule has 0 aliphatic carbocycles. The van der Waals surface area contributed by atoms with E-state index in [1.165, 1.54) is 24.3 Å². The Hall–Kier alpha value is -3.17. The molecule has 9 heteroatoms. The van der Waals surface area contributed by atoms with E-state index >= 15 is 0 Å². The minimum Gasteiger partial charge on any atom is -0.488 e. The number of halogens is 4. The van der Waals surface area contributed by atoms with Gasteiger partial charge in [0.05, 0.1) is 16.2 Å². The van der Waals surface area contributed by atoms with Crippen LogP contribution in [0.1, 0.15) is 16.7 Å². The summed E-state index contributed by atoms with van der Waals surface area (Å²) in [7, 11) is 0. The largest absolute Gasteiger partial charge is 0.488 e. The van der Waals surface area contributed by atoms with Crippen molar-refractivity contribution in [2.75, 3.05) is 4.90 Å². The Balaban J connectivity index is 1.57. The van der Waals surface area contributed by atoms with Gasteiger partial charge in [-0.25, -0.2) is 4.39 Å². The number of amides is 1. The molecule has 0 atom stereocenters. The van der Waals surface area contributed by atoms with Crippen LogP contribution in [0.5, 0.6) is 5.75 Å². The fourth-order valence-electron chi connectivity index (χ4n) is 3.13. The highest BCUT2D eigenvalue weighted by Gasteiger charge is 2.36. The maximum atomic E-state index is 13.1. The van der Waals surface area contributed by atoms with Crippen molar-refractivity contribution in [3.63, 3.8) is 0 Å². The van der Waals surface area contributed by atoms with Crippen molar-refractivity contribution >= 4 is 46.0 Å². The number of ether oxygens (including phenoxy) is 1. The Morgan fingerprint density at radius 3 is 2.45 bits per heavy atom. The van der Waals surface area contributed by atoms with Crippen LogP contribution in [0.2, 0.25) is 0 Å². The maximum Gasteiger partial charge on any atom is 0.416 e. The minimum absolute atomic E-state index is 0.0524. The highest BCUT2D eigenvalue weighted by Crippen LogP contribution is 2.39. The predicted molar refractivity (Wildman–Crippen MR) is 124 cm³/mol. The van der Waals surface area contributed by atoms with E-state index in [0.717, 1.165) is 34.4 Å². The first-order valence-corrected chi connectivity index (χ1v) is 10.9. The summed E-state index contributed by atoms with van der Waals surface area (Å²) in [6, 6.07) is 17.4. The van der Waals surface area contributed by atoms with E-state index in [1.807, 2.05) is 0 Å². The number of anilines is 1. The average Bonchev–Trinajstić information content (AvgIpc) is 3.06. The fraction of sp³-hybridized carbons (Fsp3) is 0.0833. The smallest absolute Gasteiger partial charge is 0.416 e. The molecule has 0 bridgehead atoms. The van der Waals surface area contributed by atoms with Crippen LogP contribution in [-0.4, -0.2) is 10.2 Å². The Bertz CT molecular complexity index is 1240. The third kappa shape index (κ3) is 5.26. The first-order chi connectivity index (χ1) is 15.7. The zero-order chi connectivity index (χ0) is 23.6. The summed E-state index contributed by atoms with van der Waals surface area (Å²) < 4.78 is 58.3. The molecule has 3 aromatic rings. The standard InChI is InChI=1S/C24H15F4NO2S2/c25-18-10-8-15(9-11-18)14-31-20-7-2-1-4-16(20)12-21-22(30)29(23(32)33-21)19-6-3-5-17(13-19)24(26,27)28/h1-13H,14H2/b21-12+. The normalized spacial score (nSPS) is 15.4. The molecular weight excluding hydrogens is 474 g/mol. The molecule has 1 fully saturated rings. The van der Waals surface area contributed by atoms with Crippen molar-refractivity contribution in [2.24, 2.45) is 0 Å². The maximum absolute atomic E-state index is 13.1. The molecule has 1 aliphatic heterocycles. The Kier molecular flexibility index (Phi) is 6.53. The molecule has 0 N–H and O–H groups in total. The van der Waals surface area contributed by atoms with Gasteiger partial charge in [0, 0.05) is 5.56 Å². The number of carbonyl (C=O) groups excluding carboxylic acids is 1. The molecule has 3 aromatic carbocycles. The lowest BCUT2D eigenvalue weighted by molar-refractivity contribution is -0.137. The lowest BCUT2D eigenvalue weighted by atomic mass is 10.1. The summed E-state index contributed by atoms with van der Waals surface area (Å²) in [6.45, 7) is 0.191. The average molecular weight is 490 g/mol. The van der Waals surface area contributed by atoms with Crippen molar-refractivity contribution in [3.05, 3.63) is 100 Å². The predicted octanol–water partition coefficient (Wildman–Crippen LogP) is 6.83. The van der Waals surface area contributed by atoms with Crippen molar-refractivity contribution in [1.82, 2.24) is 0 Å². The van der Waals surface area contributed by atoms with Crippen LogP contribution in [0.4, 0.5) is 23.2 Å². The zero-order valence-electron chi connectivity index (χ0n) is 16.8. The van der Waals surface area contributed by atoms with E-state index in [4.69, 9.17) is 17.0 Å². The Morgan fingerprint density at radius 2 is 1.73 bits per heavy atom. The minimum atomic E-state index is -4.53. The SMILES string of the molecule is O=C1/C(=C\c2ccccc2OCc2ccc(F)cc2)SC(=S)N1c1cccc(C(F)(F)F)c1. The summed E-state index contributed by atoms with van der Waals surface area (Å²) in [4.78, 5) is 14.3. The molecule has 0 aromatic heterocycles. The van der Waals surface area contributed by atoms with Gasteiger partial charge in [0.15, 0.2) is 4.32 Å². The molecule has 1 heterocycles. The van der Waals surface area contributed by atoms with Crippen LogP contribution in [0.25, 0.3) is 6.08 Å². The van der Waals surface area contributed by atoms with Gasteiger partial charge in [-0.2, -0.15) is 13.2 Å². The fourth-order valence-corrected chi connectivity index (χ4v) is 4.42. The number of nitrogens with zero attached hydrogens (tertiary/aromatic N) is 1. The second-order valence-electron chi connectivity index (χ2n) is 7.02. The van der Waals surface area contributed by atoms with E-state index < -0.39 is 17.6 Å². The molecule has 0 radical (unpaired) electrons. The Morgan fingerprint density at radius 1 is 1.00 bits per heavy atom. The molecule has 168 valence electrons. The van der Waals surface area contributed by atoms with Crippen LogP contribution in [0.15, 0.2) is 77.7 Å². The number of rotatable bonds is 5. The highest BCUT2D eigenvalue weighted by atomic mass is 32.2. The molecule has 0 unspecified atom stereocenters. The van der Waals surface area contributed by atoms with Crippen LogP contribution < -0.4 is 9.64 Å². The van der Waals surface area contributed by atoms with Crippen molar-refractivity contribution < 1.29 is 27.1 Å². The number of hydrogen-bond acceptors (Lipinski definition) is 4. The molecule has 3 nitrogen and oxygen atoms in total. The van der Waals surface area contributed by atoms with Crippen LogP contribution in [0, 0.1) is 5.82 Å². The lowest BCUT2D eigenvalue weighted by Gasteiger charge is -2.16. The third-order valence-electron chi connectivity index (χ3n) is 4.74. The molecule has 1 amide bonds. The van der Waals surface area contributed by atoms with E-state index in [-0.39, 0.29) is 27.3 Å². The lowest BCUT2D eigenvalue weighted by Crippen LogP contribution is -2.27. The van der Waals surface area contributed by atoms with Gasteiger partial charge in [-0.1, -0.05) is 60.4 Å². The quantitative estimate of drug-likeness (QED) is 0.223. The molecule has 1 saturated heterocycles. The highest BCUT2D eigenvalue weighted by molar-refractivity contribution is 8.27. The molecule has 4 rings (SSSR count). The second-order valence-corrected chi connectivity index (χ2v) is 8.69. The number of para-hydroxylation sites is 1. The molecule has 1 aliphatic rings. The molecule has 0 spiro atoms. The Labute approximate surface area is 196 Å². The summed E-state index contributed by atoms with van der Waals surface area (Å²) >= 11 is 6.27. The third-order valence-corrected chi connectivity index (χ3v) is 6.04. The second kappa shape index (κ2) is 9.36. The van der Waals surface area contributed by atoms with Crippen LogP contribution in [-0.2, 0) is 17.6 Å². The number of carbonyl (C=O) groups is 1. The summed E-state index contributed by atoms with van der Waals surface area (Å²) in [5.41, 5.74) is 0.556. The van der Waals surface area contributed by atoms with Gasteiger partial charge in [0.2, 0.25) is 0 Å². The molecule has 0 saturated carbocycles. The van der Waals surface area contributed by atoms with Gasteiger partial charge >= 0.3 is 6.18 Å². The van der Waals surface area contributed by atoms with Gasteiger partial charge in [0.1, 0.15) is 18.2 Å². The number of thiocarbonyl (C=S) groups is 1. The van der Waals surface area contributed by atoms with Crippen LogP contribution >= 0.6 is 24.0 Å². The van der Waals surface area contributed by atoms with Gasteiger partial charge in [-0.05, 0) is 48.0 Å².